The lowest BCUT2D eigenvalue weighted by atomic mass is 9.89. The lowest BCUT2D eigenvalue weighted by Gasteiger charge is -2.27. The zero-order chi connectivity index (χ0) is 12.3. The molecule has 0 aliphatic heterocycles. The molecule has 0 saturated heterocycles. The van der Waals surface area contributed by atoms with E-state index in [0.717, 1.165) is 19.4 Å². The Kier molecular flexibility index (Phi) is 3.92. The van der Waals surface area contributed by atoms with Crippen LogP contribution in [0.25, 0.3) is 0 Å². The fraction of sp³-hybridized carbons (Fsp3) is 0.923. The molecule has 2 saturated carbocycles. The van der Waals surface area contributed by atoms with Crippen LogP contribution in [0.2, 0.25) is 0 Å². The van der Waals surface area contributed by atoms with Crippen molar-refractivity contribution in [1.29, 1.82) is 0 Å². The van der Waals surface area contributed by atoms with Gasteiger partial charge in [-0.3, -0.25) is 0 Å². The van der Waals surface area contributed by atoms with E-state index in [-0.39, 0.29) is 12.6 Å². The molecule has 98 valence electrons. The van der Waals surface area contributed by atoms with E-state index in [4.69, 9.17) is 5.11 Å². The molecule has 0 aromatic heterocycles. The highest BCUT2D eigenvalue weighted by Gasteiger charge is 2.34. The van der Waals surface area contributed by atoms with E-state index in [0.29, 0.717) is 18.0 Å². The molecule has 2 aliphatic carbocycles. The van der Waals surface area contributed by atoms with Gasteiger partial charge in [0.15, 0.2) is 0 Å². The largest absolute Gasteiger partial charge is 0.395 e. The summed E-state index contributed by atoms with van der Waals surface area (Å²) >= 11 is 0. The second-order valence-electron chi connectivity index (χ2n) is 5.82. The molecule has 2 amide bonds. The van der Waals surface area contributed by atoms with Gasteiger partial charge in [-0.15, -0.1) is 0 Å². The van der Waals surface area contributed by atoms with E-state index >= 15 is 0 Å². The molecule has 0 bridgehead atoms. The van der Waals surface area contributed by atoms with Gasteiger partial charge in [-0.25, -0.2) is 4.79 Å². The van der Waals surface area contributed by atoms with Gasteiger partial charge in [0.2, 0.25) is 0 Å². The molecule has 0 unspecified atom stereocenters. The number of amides is 2. The molecular formula is C13H24N2O2. The summed E-state index contributed by atoms with van der Waals surface area (Å²) in [6.45, 7) is 3.56. The van der Waals surface area contributed by atoms with Crippen LogP contribution >= 0.6 is 0 Å². The number of carbonyl (C=O) groups excluding carboxylic acids is 1. The number of nitrogens with one attached hydrogen (secondary N) is 1. The third-order valence-electron chi connectivity index (χ3n) is 4.07. The lowest BCUT2D eigenvalue weighted by Crippen LogP contribution is -2.45. The van der Waals surface area contributed by atoms with Crippen LogP contribution in [-0.4, -0.2) is 41.8 Å². The van der Waals surface area contributed by atoms with Gasteiger partial charge in [0.25, 0.3) is 0 Å². The van der Waals surface area contributed by atoms with Crippen LogP contribution in [0.3, 0.4) is 0 Å². The summed E-state index contributed by atoms with van der Waals surface area (Å²) in [7, 11) is 0. The van der Waals surface area contributed by atoms with Gasteiger partial charge in [0.05, 0.1) is 6.61 Å². The Labute approximate surface area is 103 Å². The van der Waals surface area contributed by atoms with E-state index in [9.17, 15) is 4.79 Å². The van der Waals surface area contributed by atoms with Gasteiger partial charge in [-0.05, 0) is 31.1 Å². The highest BCUT2D eigenvalue weighted by atomic mass is 16.3. The summed E-state index contributed by atoms with van der Waals surface area (Å²) in [5, 5.41) is 12.0. The van der Waals surface area contributed by atoms with Crippen molar-refractivity contribution in [3.05, 3.63) is 0 Å². The lowest BCUT2D eigenvalue weighted by molar-refractivity contribution is 0.168. The molecule has 2 aliphatic rings. The van der Waals surface area contributed by atoms with Gasteiger partial charge >= 0.3 is 6.03 Å². The molecule has 0 radical (unpaired) electrons. The molecule has 0 spiro atoms. The number of nitrogens with zero attached hydrogens (tertiary/aromatic N) is 1. The Morgan fingerprint density at radius 2 is 2.06 bits per heavy atom. The minimum absolute atomic E-state index is 0.00896. The summed E-state index contributed by atoms with van der Waals surface area (Å²) in [6, 6.07) is 0.383. The Morgan fingerprint density at radius 1 is 1.41 bits per heavy atom. The number of aliphatic hydroxyl groups excluding tert-OH is 1. The maximum Gasteiger partial charge on any atom is 0.317 e. The highest BCUT2D eigenvalue weighted by molar-refractivity contribution is 5.75. The quantitative estimate of drug-likeness (QED) is 0.769. The first-order valence-electron chi connectivity index (χ1n) is 6.80. The van der Waals surface area contributed by atoms with Crippen LogP contribution in [0, 0.1) is 5.41 Å². The molecule has 0 atom stereocenters. The van der Waals surface area contributed by atoms with E-state index in [1.165, 1.54) is 25.7 Å². The number of carbonyl (C=O) groups is 1. The molecule has 4 nitrogen and oxygen atoms in total. The van der Waals surface area contributed by atoms with Gasteiger partial charge in [-0.2, -0.15) is 0 Å². The fourth-order valence-electron chi connectivity index (χ4n) is 2.74. The first-order chi connectivity index (χ1) is 8.14. The third kappa shape index (κ3) is 3.35. The molecule has 17 heavy (non-hydrogen) atoms. The summed E-state index contributed by atoms with van der Waals surface area (Å²) < 4.78 is 0. The zero-order valence-electron chi connectivity index (χ0n) is 10.7. The predicted octanol–water partition coefficient (Wildman–Crippen LogP) is 1.73. The normalized spacial score (nSPS) is 22.5. The van der Waals surface area contributed by atoms with Gasteiger partial charge in [0, 0.05) is 19.1 Å². The van der Waals surface area contributed by atoms with Crippen molar-refractivity contribution >= 4 is 6.03 Å². The van der Waals surface area contributed by atoms with Crippen LogP contribution in [0.1, 0.15) is 45.4 Å². The van der Waals surface area contributed by atoms with Crippen molar-refractivity contribution < 1.29 is 9.90 Å². The van der Waals surface area contributed by atoms with Crippen LogP contribution in [0.15, 0.2) is 0 Å². The van der Waals surface area contributed by atoms with Crippen LogP contribution < -0.4 is 5.32 Å². The third-order valence-corrected chi connectivity index (χ3v) is 4.07. The second-order valence-corrected chi connectivity index (χ2v) is 5.82. The highest BCUT2D eigenvalue weighted by Crippen LogP contribution is 2.36. The van der Waals surface area contributed by atoms with Crippen LogP contribution in [0.5, 0.6) is 0 Å². The average Bonchev–Trinajstić information content (AvgIpc) is 3.06. The fourth-order valence-corrected chi connectivity index (χ4v) is 2.74. The van der Waals surface area contributed by atoms with Crippen molar-refractivity contribution in [1.82, 2.24) is 10.2 Å². The summed E-state index contributed by atoms with van der Waals surface area (Å²) in [6.07, 6.45) is 7.19. The zero-order valence-corrected chi connectivity index (χ0v) is 10.7. The Balaban J connectivity index is 1.78. The number of hydrogen-bond acceptors (Lipinski definition) is 2. The molecule has 0 aromatic carbocycles. The standard InChI is InChI=1S/C13H24N2O2/c1-13(6-2-3-7-13)10-14-12(17)15(8-9-16)11-4-5-11/h11,16H,2-10H2,1H3,(H,14,17). The molecule has 4 heteroatoms. The maximum absolute atomic E-state index is 12.0. The summed E-state index contributed by atoms with van der Waals surface area (Å²) in [4.78, 5) is 13.8. The summed E-state index contributed by atoms with van der Waals surface area (Å²) in [5.41, 5.74) is 0.296. The number of rotatable bonds is 5. The van der Waals surface area contributed by atoms with E-state index in [1.807, 2.05) is 0 Å². The van der Waals surface area contributed by atoms with Gasteiger partial charge in [0.1, 0.15) is 0 Å². The smallest absolute Gasteiger partial charge is 0.317 e. The second kappa shape index (κ2) is 5.25. The number of urea groups is 1. The molecular weight excluding hydrogens is 216 g/mol. The van der Waals surface area contributed by atoms with Gasteiger partial charge < -0.3 is 15.3 Å². The molecule has 0 aromatic rings. The van der Waals surface area contributed by atoms with Gasteiger partial charge in [-0.1, -0.05) is 19.8 Å². The molecule has 2 N–H and O–H groups in total. The first-order valence-corrected chi connectivity index (χ1v) is 6.80. The minimum atomic E-state index is 0.00896. The van der Waals surface area contributed by atoms with Crippen molar-refractivity contribution in [3.8, 4) is 0 Å². The monoisotopic (exact) mass is 240 g/mol. The van der Waals surface area contributed by atoms with Crippen molar-refractivity contribution in [2.24, 2.45) is 5.41 Å². The Hall–Kier alpha value is -0.770. The predicted molar refractivity (Wildman–Crippen MR) is 66.8 cm³/mol. The van der Waals surface area contributed by atoms with E-state index < -0.39 is 0 Å². The SMILES string of the molecule is CC1(CNC(=O)N(CCO)C2CC2)CCCC1. The Bertz CT molecular complexity index is 271. The maximum atomic E-state index is 12.0. The first kappa shape index (κ1) is 12.7. The molecule has 2 fully saturated rings. The Morgan fingerprint density at radius 3 is 2.59 bits per heavy atom. The topological polar surface area (TPSA) is 52.6 Å². The van der Waals surface area contributed by atoms with Crippen molar-refractivity contribution in [2.75, 3.05) is 19.7 Å². The van der Waals surface area contributed by atoms with E-state index in [2.05, 4.69) is 12.2 Å². The van der Waals surface area contributed by atoms with E-state index in [1.54, 1.807) is 4.90 Å². The van der Waals surface area contributed by atoms with Crippen LogP contribution in [0.4, 0.5) is 4.79 Å². The number of aliphatic hydroxyl groups is 1. The molecule has 0 heterocycles. The average molecular weight is 240 g/mol. The van der Waals surface area contributed by atoms with Crippen molar-refractivity contribution in [3.63, 3.8) is 0 Å². The minimum Gasteiger partial charge on any atom is -0.395 e. The number of hydrogen-bond donors (Lipinski definition) is 2. The summed E-state index contributed by atoms with van der Waals surface area (Å²) in [5.74, 6) is 0. The van der Waals surface area contributed by atoms with Crippen LogP contribution in [-0.2, 0) is 0 Å². The van der Waals surface area contributed by atoms with Crippen molar-refractivity contribution in [2.45, 2.75) is 51.5 Å². The molecule has 2 rings (SSSR count).